The topological polar surface area (TPSA) is 0 Å². The molecule has 0 aliphatic carbocycles. The molecule has 0 bridgehead atoms. The fourth-order valence-corrected chi connectivity index (χ4v) is 4.36. The summed E-state index contributed by atoms with van der Waals surface area (Å²) in [5.74, 6) is 0. The zero-order valence-electron chi connectivity index (χ0n) is 17.7. The Bertz CT molecular complexity index is 192. The first-order valence-corrected chi connectivity index (χ1v) is 13.8. The van der Waals surface area contributed by atoms with Gasteiger partial charge in [0.15, 0.2) is 0 Å². The van der Waals surface area contributed by atoms with Gasteiger partial charge in [0.05, 0.1) is 0 Å². The number of rotatable bonds is 22. The molecule has 0 spiro atoms. The quantitative estimate of drug-likeness (QED) is 0.112. The second kappa shape index (κ2) is 24.8. The van der Waals surface area contributed by atoms with E-state index in [2.05, 4.69) is 6.92 Å². The maximum absolute atomic E-state index is 2.30. The van der Waals surface area contributed by atoms with Crippen LogP contribution in [0.1, 0.15) is 148 Å². The Hall–Kier alpha value is 0.818. The monoisotopic (exact) mass is 458 g/mol. The van der Waals surface area contributed by atoms with E-state index in [-0.39, 0.29) is 0 Å². The molecule has 0 fully saturated rings. The molecule has 0 amide bonds. The summed E-state index contributed by atoms with van der Waals surface area (Å²) in [6.45, 7) is 2.30. The Labute approximate surface area is 175 Å². The summed E-state index contributed by atoms with van der Waals surface area (Å²) < 4.78 is 1.42. The molecular weight excluding hydrogens is 410 g/mol. The van der Waals surface area contributed by atoms with Gasteiger partial charge in [-0.2, -0.15) is 0 Å². The summed E-state index contributed by atoms with van der Waals surface area (Å²) >= 11 is 1.98. The van der Waals surface area contributed by atoms with Crippen LogP contribution in [0.2, 0.25) is 4.37 Å². The molecule has 0 aromatic heterocycles. The van der Waals surface area contributed by atoms with Crippen molar-refractivity contribution in [3.8, 4) is 0 Å². The Morgan fingerprint density at radius 3 is 0.720 bits per heavy atom. The number of hydrogen-bond donors (Lipinski definition) is 0. The average Bonchev–Trinajstić information content (AvgIpc) is 2.63. The summed E-state index contributed by atoms with van der Waals surface area (Å²) in [5, 5.41) is 0. The molecule has 0 heterocycles. The molecule has 0 aromatic carbocycles. The summed E-state index contributed by atoms with van der Waals surface area (Å²) in [4.78, 5) is 0. The Morgan fingerprint density at radius 1 is 0.320 bits per heavy atom. The third kappa shape index (κ3) is 24.8. The molecule has 0 unspecified atom stereocenters. The van der Waals surface area contributed by atoms with E-state index in [1.165, 1.54) is 146 Å². The zero-order valence-corrected chi connectivity index (χ0v) is 20.3. The molecule has 0 aliphatic heterocycles. The Balaban J connectivity index is 2.94. The van der Waals surface area contributed by atoms with E-state index in [1.807, 2.05) is 23.0 Å². The molecule has 0 atom stereocenters. The van der Waals surface area contributed by atoms with Crippen molar-refractivity contribution in [2.75, 3.05) is 0 Å². The van der Waals surface area contributed by atoms with Gasteiger partial charge in [0.2, 0.25) is 0 Å². The van der Waals surface area contributed by atoms with Gasteiger partial charge in [-0.3, -0.25) is 0 Å². The minimum atomic E-state index is 1.37. The van der Waals surface area contributed by atoms with Crippen LogP contribution in [0.3, 0.4) is 0 Å². The van der Waals surface area contributed by atoms with Crippen molar-refractivity contribution in [2.24, 2.45) is 0 Å². The van der Waals surface area contributed by atoms with Crippen LogP contribution in [-0.2, 0) is 0 Å². The fraction of sp³-hybridized carbons (Fsp3) is 1.00. The second-order valence-electron chi connectivity index (χ2n) is 8.15. The Kier molecular flexibility index (Phi) is 25.6. The van der Waals surface area contributed by atoms with E-state index >= 15 is 0 Å². The predicted molar refractivity (Wildman–Crippen MR) is 118 cm³/mol. The van der Waals surface area contributed by atoms with E-state index in [9.17, 15) is 0 Å². The van der Waals surface area contributed by atoms with E-state index in [1.54, 1.807) is 0 Å². The zero-order chi connectivity index (χ0) is 18.3. The van der Waals surface area contributed by atoms with Crippen molar-refractivity contribution in [1.29, 1.82) is 0 Å². The van der Waals surface area contributed by atoms with Crippen LogP contribution in [0.25, 0.3) is 0 Å². The maximum atomic E-state index is 2.30. The number of unbranched alkanes of at least 4 members (excludes halogenated alkanes) is 21. The number of hydrogen-bond acceptors (Lipinski definition) is 0. The van der Waals surface area contributed by atoms with Gasteiger partial charge in [-0.15, -0.1) is 0 Å². The van der Waals surface area contributed by atoms with Gasteiger partial charge in [0.1, 0.15) is 0 Å². The summed E-state index contributed by atoms with van der Waals surface area (Å²) in [5.41, 5.74) is 0. The first kappa shape index (κ1) is 25.8. The molecule has 0 aliphatic rings. The van der Waals surface area contributed by atoms with Crippen molar-refractivity contribution >= 4 is 23.0 Å². The normalized spacial score (nSPS) is 11.3. The molecule has 25 heavy (non-hydrogen) atoms. The molecule has 0 rings (SSSR count). The first-order valence-electron chi connectivity index (χ1n) is 12.0. The first-order chi connectivity index (χ1) is 12.4. The van der Waals surface area contributed by atoms with Gasteiger partial charge < -0.3 is 0 Å². The molecule has 2 radical (unpaired) electrons. The van der Waals surface area contributed by atoms with Gasteiger partial charge in [-0.25, -0.2) is 0 Å². The van der Waals surface area contributed by atoms with Gasteiger partial charge in [0.25, 0.3) is 0 Å². The van der Waals surface area contributed by atoms with Gasteiger partial charge in [-0.05, 0) is 0 Å². The molecule has 0 N–H and O–H groups in total. The molecule has 0 saturated carbocycles. The summed E-state index contributed by atoms with van der Waals surface area (Å²) in [6.07, 6.45) is 32.6. The molecule has 0 nitrogen and oxygen atoms in total. The third-order valence-electron chi connectivity index (χ3n) is 5.51. The van der Waals surface area contributed by atoms with E-state index in [0.717, 1.165) is 0 Å². The van der Waals surface area contributed by atoms with E-state index in [4.69, 9.17) is 0 Å². The van der Waals surface area contributed by atoms with Gasteiger partial charge in [-0.1, -0.05) is 77.6 Å². The van der Waals surface area contributed by atoms with E-state index < -0.39 is 0 Å². The molecule has 150 valence electrons. The molecular formula is C24H49Sb. The summed E-state index contributed by atoms with van der Waals surface area (Å²) in [6, 6.07) is 0. The van der Waals surface area contributed by atoms with Crippen molar-refractivity contribution in [3.05, 3.63) is 0 Å². The Morgan fingerprint density at radius 2 is 0.520 bits per heavy atom. The van der Waals surface area contributed by atoms with Crippen LogP contribution >= 0.6 is 0 Å². The standard InChI is InChI=1S/C24H49.Sb/c1-3-5-7-9-11-13-15-17-19-21-23-24-22-20-18-16-14-12-10-8-6-4-2;/h1,3-24H2,2H3;. The average molecular weight is 459 g/mol. The van der Waals surface area contributed by atoms with Crippen LogP contribution < -0.4 is 0 Å². The van der Waals surface area contributed by atoms with Crippen molar-refractivity contribution < 1.29 is 0 Å². The van der Waals surface area contributed by atoms with Crippen molar-refractivity contribution in [1.82, 2.24) is 0 Å². The predicted octanol–water partition coefficient (Wildman–Crippen LogP) is 9.18. The molecule has 0 saturated heterocycles. The van der Waals surface area contributed by atoms with Crippen LogP contribution in [0, 0.1) is 0 Å². The van der Waals surface area contributed by atoms with Crippen molar-refractivity contribution in [3.63, 3.8) is 0 Å². The third-order valence-corrected chi connectivity index (χ3v) is 6.41. The van der Waals surface area contributed by atoms with E-state index in [0.29, 0.717) is 0 Å². The fourth-order valence-electron chi connectivity index (χ4n) is 3.72. The van der Waals surface area contributed by atoms with Gasteiger partial charge >= 0.3 is 98.0 Å². The van der Waals surface area contributed by atoms with Crippen LogP contribution in [0.4, 0.5) is 0 Å². The summed E-state index contributed by atoms with van der Waals surface area (Å²) in [7, 11) is 0. The second-order valence-corrected chi connectivity index (χ2v) is 9.42. The SMILES string of the molecule is CCCCCCCCCCCCCCCCCCCCCCC[CH2][Sb]. The molecule has 0 aromatic rings. The minimum absolute atomic E-state index is 1.37. The van der Waals surface area contributed by atoms with Gasteiger partial charge in [0, 0.05) is 0 Å². The van der Waals surface area contributed by atoms with Crippen molar-refractivity contribution in [2.45, 2.75) is 153 Å². The van der Waals surface area contributed by atoms with Crippen LogP contribution in [0.5, 0.6) is 0 Å². The van der Waals surface area contributed by atoms with Crippen LogP contribution in [-0.4, -0.2) is 23.0 Å². The molecule has 1 heteroatoms. The van der Waals surface area contributed by atoms with Crippen LogP contribution in [0.15, 0.2) is 0 Å².